The summed E-state index contributed by atoms with van der Waals surface area (Å²) in [6.07, 6.45) is 1.86. The molecular weight excluding hydrogens is 216 g/mol. The highest BCUT2D eigenvalue weighted by Crippen LogP contribution is 1.92. The topological polar surface area (TPSA) is 43.1 Å². The second-order valence-electron chi connectivity index (χ2n) is 1.44. The molecule has 2 N–H and O–H groups in total. The average molecular weight is 224 g/mol. The number of nitrogens with two attached hydrogens (primary N) is 1. The molecule has 0 aromatic carbocycles. The summed E-state index contributed by atoms with van der Waals surface area (Å²) in [6, 6.07) is 0. The molecule has 2 nitrogen and oxygen atoms in total. The van der Waals surface area contributed by atoms with E-state index in [4.69, 9.17) is 5.73 Å². The number of carbonyl (C=O) groups is 1. The maximum atomic E-state index is 10.0. The van der Waals surface area contributed by atoms with Crippen LogP contribution in [0.4, 0.5) is 4.79 Å². The van der Waals surface area contributed by atoms with Crippen LogP contribution in [0.25, 0.3) is 0 Å². The minimum absolute atomic E-state index is 0.310. The number of hydrogen-bond acceptors (Lipinski definition) is 1. The van der Waals surface area contributed by atoms with Crippen LogP contribution < -0.4 is 5.73 Å². The van der Waals surface area contributed by atoms with Gasteiger partial charge in [0, 0.05) is 0 Å². The molecule has 0 fully saturated rings. The van der Waals surface area contributed by atoms with Gasteiger partial charge in [0.25, 0.3) is 0 Å². The van der Waals surface area contributed by atoms with Crippen molar-refractivity contribution in [3.8, 4) is 0 Å². The normalized spacial score (nSPS) is 8.62. The first kappa shape index (κ1) is 8.26. The molecule has 0 aromatic heterocycles. The SMILES string of the molecule is NC(=O)[B]CCCI. The first-order valence-corrected chi connectivity index (χ1v) is 3.98. The van der Waals surface area contributed by atoms with Gasteiger partial charge in [0.2, 0.25) is 7.28 Å². The Bertz CT molecular complexity index is 78.4. The summed E-state index contributed by atoms with van der Waals surface area (Å²) < 4.78 is 1.08. The molecule has 8 heavy (non-hydrogen) atoms. The highest BCUT2D eigenvalue weighted by molar-refractivity contribution is 14.1. The van der Waals surface area contributed by atoms with Gasteiger partial charge in [-0.1, -0.05) is 35.3 Å². The van der Waals surface area contributed by atoms with Gasteiger partial charge in [0.1, 0.15) is 0 Å². The number of halogens is 1. The molecule has 4 heteroatoms. The van der Waals surface area contributed by atoms with Crippen LogP contribution in [0.1, 0.15) is 6.42 Å². The van der Waals surface area contributed by atoms with E-state index >= 15 is 0 Å². The van der Waals surface area contributed by atoms with Crippen molar-refractivity contribution < 1.29 is 4.79 Å². The molecule has 0 aliphatic heterocycles. The molecule has 0 atom stereocenters. The lowest BCUT2D eigenvalue weighted by Crippen LogP contribution is -2.16. The summed E-state index contributed by atoms with van der Waals surface area (Å²) in [7, 11) is 1.51. The van der Waals surface area contributed by atoms with Crippen molar-refractivity contribution >= 4 is 35.7 Å². The minimum Gasteiger partial charge on any atom is -0.379 e. The van der Waals surface area contributed by atoms with Gasteiger partial charge in [-0.25, -0.2) is 0 Å². The lowest BCUT2D eigenvalue weighted by Gasteiger charge is -1.87. The monoisotopic (exact) mass is 224 g/mol. The van der Waals surface area contributed by atoms with Crippen LogP contribution in [0, 0.1) is 0 Å². The van der Waals surface area contributed by atoms with E-state index in [2.05, 4.69) is 22.6 Å². The Morgan fingerprint density at radius 1 is 1.75 bits per heavy atom. The molecule has 0 aliphatic carbocycles. The summed E-state index contributed by atoms with van der Waals surface area (Å²) >= 11 is 2.26. The Morgan fingerprint density at radius 3 is 2.75 bits per heavy atom. The van der Waals surface area contributed by atoms with Gasteiger partial charge in [0.15, 0.2) is 5.81 Å². The number of amides is 1. The third kappa shape index (κ3) is 6.26. The van der Waals surface area contributed by atoms with E-state index < -0.39 is 0 Å². The van der Waals surface area contributed by atoms with E-state index in [0.29, 0.717) is 0 Å². The van der Waals surface area contributed by atoms with E-state index in [-0.39, 0.29) is 5.81 Å². The van der Waals surface area contributed by atoms with Gasteiger partial charge in [-0.15, -0.1) is 0 Å². The lowest BCUT2D eigenvalue weighted by atomic mass is 9.73. The molecule has 45 valence electrons. The highest BCUT2D eigenvalue weighted by Gasteiger charge is 1.94. The Hall–Kier alpha value is 0.265. The molecule has 0 spiro atoms. The predicted octanol–water partition coefficient (Wildman–Crippen LogP) is 1.01. The van der Waals surface area contributed by atoms with Crippen molar-refractivity contribution in [3.05, 3.63) is 0 Å². The molecule has 0 saturated carbocycles. The molecule has 1 amide bonds. The Kier molecular flexibility index (Phi) is 5.58. The van der Waals surface area contributed by atoms with Crippen molar-refractivity contribution in [2.24, 2.45) is 5.73 Å². The maximum Gasteiger partial charge on any atom is 0.232 e. The summed E-state index contributed by atoms with van der Waals surface area (Å²) in [4.78, 5) is 10.0. The molecule has 0 aliphatic rings. The third-order valence-electron chi connectivity index (χ3n) is 0.683. The number of hydrogen-bond donors (Lipinski definition) is 1. The van der Waals surface area contributed by atoms with E-state index in [1.165, 1.54) is 7.28 Å². The Labute approximate surface area is 63.6 Å². The second kappa shape index (κ2) is 5.40. The highest BCUT2D eigenvalue weighted by atomic mass is 127. The van der Waals surface area contributed by atoms with Gasteiger partial charge >= 0.3 is 0 Å². The van der Waals surface area contributed by atoms with Crippen LogP contribution in [0.5, 0.6) is 0 Å². The van der Waals surface area contributed by atoms with Gasteiger partial charge < -0.3 is 5.73 Å². The number of rotatable bonds is 4. The van der Waals surface area contributed by atoms with Crippen LogP contribution >= 0.6 is 22.6 Å². The first-order valence-electron chi connectivity index (χ1n) is 2.46. The fourth-order valence-electron chi connectivity index (χ4n) is 0.321. The zero-order chi connectivity index (χ0) is 6.41. The van der Waals surface area contributed by atoms with E-state index in [0.717, 1.165) is 17.2 Å². The van der Waals surface area contributed by atoms with Crippen molar-refractivity contribution in [1.82, 2.24) is 0 Å². The fourth-order valence-corrected chi connectivity index (χ4v) is 0.762. The number of alkyl halides is 1. The zero-order valence-corrected chi connectivity index (χ0v) is 6.72. The molecular formula is C4H8BINO. The molecule has 0 rings (SSSR count). The fraction of sp³-hybridized carbons (Fsp3) is 0.750. The standard InChI is InChI=1S/C4H8BINO/c6-3-1-2-5-4(7)8/h1-3H2,(H2,7,8). The molecule has 0 heterocycles. The van der Waals surface area contributed by atoms with Crippen molar-refractivity contribution in [2.45, 2.75) is 12.7 Å². The first-order chi connectivity index (χ1) is 3.77. The van der Waals surface area contributed by atoms with Crippen LogP contribution in [0.2, 0.25) is 6.32 Å². The second-order valence-corrected chi connectivity index (χ2v) is 2.52. The summed E-state index contributed by atoms with van der Waals surface area (Å²) in [5.41, 5.74) is 4.84. The predicted molar refractivity (Wildman–Crippen MR) is 43.6 cm³/mol. The number of carbonyl (C=O) groups excluding carboxylic acids is 1. The maximum absolute atomic E-state index is 10.0. The van der Waals surface area contributed by atoms with Crippen molar-refractivity contribution in [1.29, 1.82) is 0 Å². The molecule has 0 unspecified atom stereocenters. The van der Waals surface area contributed by atoms with Gasteiger partial charge in [0.05, 0.1) is 0 Å². The van der Waals surface area contributed by atoms with E-state index in [1.807, 2.05) is 0 Å². The molecule has 0 bridgehead atoms. The minimum atomic E-state index is -0.310. The van der Waals surface area contributed by atoms with Crippen LogP contribution in [0.15, 0.2) is 0 Å². The van der Waals surface area contributed by atoms with Crippen molar-refractivity contribution in [3.63, 3.8) is 0 Å². The Balaban J connectivity index is 2.82. The molecule has 0 saturated heterocycles. The quantitative estimate of drug-likeness (QED) is 0.329. The van der Waals surface area contributed by atoms with Gasteiger partial charge in [-0.3, -0.25) is 4.79 Å². The summed E-state index contributed by atoms with van der Waals surface area (Å²) in [5.74, 6) is -0.310. The summed E-state index contributed by atoms with van der Waals surface area (Å²) in [6.45, 7) is 0. The zero-order valence-electron chi connectivity index (χ0n) is 4.56. The van der Waals surface area contributed by atoms with Gasteiger partial charge in [-0.2, -0.15) is 0 Å². The largest absolute Gasteiger partial charge is 0.379 e. The van der Waals surface area contributed by atoms with Gasteiger partial charge in [-0.05, 0) is 4.43 Å². The van der Waals surface area contributed by atoms with E-state index in [1.54, 1.807) is 0 Å². The van der Waals surface area contributed by atoms with Crippen LogP contribution in [-0.4, -0.2) is 17.5 Å². The third-order valence-corrected chi connectivity index (χ3v) is 1.45. The lowest BCUT2D eigenvalue weighted by molar-refractivity contribution is 0.265. The smallest absolute Gasteiger partial charge is 0.232 e. The average Bonchev–Trinajstić information content (AvgIpc) is 1.66. The van der Waals surface area contributed by atoms with E-state index in [9.17, 15) is 4.79 Å². The number of primary amides is 1. The van der Waals surface area contributed by atoms with Crippen LogP contribution in [-0.2, 0) is 0 Å². The Morgan fingerprint density at radius 2 is 2.38 bits per heavy atom. The van der Waals surface area contributed by atoms with Crippen molar-refractivity contribution in [2.75, 3.05) is 4.43 Å². The van der Waals surface area contributed by atoms with Crippen LogP contribution in [0.3, 0.4) is 0 Å². The molecule has 0 aromatic rings. The summed E-state index contributed by atoms with van der Waals surface area (Å²) in [5, 5.41) is 0. The molecule has 1 radical (unpaired) electrons.